The number of carboxylic acid groups (broad SMARTS) is 1. The maximum Gasteiger partial charge on any atom is 0.307 e. The van der Waals surface area contributed by atoms with E-state index in [4.69, 9.17) is 9.84 Å². The van der Waals surface area contributed by atoms with Gasteiger partial charge in [-0.2, -0.15) is 0 Å². The second-order valence-electron chi connectivity index (χ2n) is 6.23. The van der Waals surface area contributed by atoms with E-state index in [1.165, 1.54) is 0 Å². The molecule has 5 nitrogen and oxygen atoms in total. The Labute approximate surface area is 113 Å². The van der Waals surface area contributed by atoms with Gasteiger partial charge in [0.2, 0.25) is 5.91 Å². The summed E-state index contributed by atoms with van der Waals surface area (Å²) < 4.78 is 5.58. The number of rotatable bonds is 5. The second kappa shape index (κ2) is 5.12. The minimum absolute atomic E-state index is 0.126. The van der Waals surface area contributed by atoms with Crippen LogP contribution in [0.1, 0.15) is 33.6 Å². The van der Waals surface area contributed by atoms with Crippen molar-refractivity contribution in [2.45, 2.75) is 39.7 Å². The number of hydrogen-bond acceptors (Lipinski definition) is 3. The van der Waals surface area contributed by atoms with Crippen LogP contribution in [0, 0.1) is 23.2 Å². The summed E-state index contributed by atoms with van der Waals surface area (Å²) in [5.41, 5.74) is -0.424. The third kappa shape index (κ3) is 2.61. The Balaban J connectivity index is 1.84. The standard InChI is InChI=1S/C14H23NO4/c1-4-9-8(5-6-19-9)7-15-12(16)10-11(13(17)18)14(10,2)3/h8-11H,4-7H2,1-3H3,(H,15,16)(H,17,18). The van der Waals surface area contributed by atoms with Gasteiger partial charge in [-0.25, -0.2) is 0 Å². The van der Waals surface area contributed by atoms with Crippen molar-refractivity contribution in [3.8, 4) is 0 Å². The molecule has 0 radical (unpaired) electrons. The molecule has 1 saturated heterocycles. The number of amides is 1. The van der Waals surface area contributed by atoms with Gasteiger partial charge in [0.25, 0.3) is 0 Å². The quantitative estimate of drug-likeness (QED) is 0.788. The Hall–Kier alpha value is -1.10. The van der Waals surface area contributed by atoms with Crippen molar-refractivity contribution < 1.29 is 19.4 Å². The maximum absolute atomic E-state index is 12.1. The van der Waals surface area contributed by atoms with Gasteiger partial charge in [-0.05, 0) is 18.3 Å². The molecular formula is C14H23NO4. The molecule has 5 heteroatoms. The summed E-state index contributed by atoms with van der Waals surface area (Å²) in [6, 6.07) is 0. The van der Waals surface area contributed by atoms with Crippen LogP contribution in [0.25, 0.3) is 0 Å². The summed E-state index contributed by atoms with van der Waals surface area (Å²) in [6.45, 7) is 7.10. The normalized spacial score (nSPS) is 35.9. The predicted molar refractivity (Wildman–Crippen MR) is 69.5 cm³/mol. The van der Waals surface area contributed by atoms with Gasteiger partial charge in [0.15, 0.2) is 0 Å². The Morgan fingerprint density at radius 1 is 1.37 bits per heavy atom. The van der Waals surface area contributed by atoms with Crippen molar-refractivity contribution in [3.63, 3.8) is 0 Å². The minimum atomic E-state index is -0.874. The summed E-state index contributed by atoms with van der Waals surface area (Å²) in [5.74, 6) is -1.58. The zero-order valence-electron chi connectivity index (χ0n) is 11.8. The number of carbonyl (C=O) groups excluding carboxylic acids is 1. The van der Waals surface area contributed by atoms with Gasteiger partial charge in [-0.15, -0.1) is 0 Å². The van der Waals surface area contributed by atoms with E-state index in [1.54, 1.807) is 0 Å². The van der Waals surface area contributed by atoms with Gasteiger partial charge in [-0.3, -0.25) is 9.59 Å². The van der Waals surface area contributed by atoms with E-state index in [0.717, 1.165) is 19.4 Å². The largest absolute Gasteiger partial charge is 0.481 e. The molecule has 19 heavy (non-hydrogen) atoms. The Bertz CT molecular complexity index is 380. The SMILES string of the molecule is CCC1OCCC1CNC(=O)C1C(C(=O)O)C1(C)C. The molecule has 0 aromatic carbocycles. The number of aliphatic carboxylic acids is 1. The van der Waals surface area contributed by atoms with E-state index in [9.17, 15) is 9.59 Å². The molecule has 0 bridgehead atoms. The highest BCUT2D eigenvalue weighted by molar-refractivity contribution is 5.91. The summed E-state index contributed by atoms with van der Waals surface area (Å²) in [5, 5.41) is 12.0. The first-order valence-electron chi connectivity index (χ1n) is 7.01. The number of nitrogens with one attached hydrogen (secondary N) is 1. The first-order chi connectivity index (χ1) is 8.89. The molecule has 2 fully saturated rings. The fourth-order valence-corrected chi connectivity index (χ4v) is 3.31. The van der Waals surface area contributed by atoms with E-state index < -0.39 is 23.2 Å². The molecule has 1 heterocycles. The molecule has 108 valence electrons. The molecule has 2 N–H and O–H groups in total. The second-order valence-corrected chi connectivity index (χ2v) is 6.23. The maximum atomic E-state index is 12.1. The third-order valence-electron chi connectivity index (χ3n) is 4.66. The topological polar surface area (TPSA) is 75.6 Å². The van der Waals surface area contributed by atoms with E-state index >= 15 is 0 Å². The molecule has 0 aromatic rings. The summed E-state index contributed by atoms with van der Waals surface area (Å²) in [7, 11) is 0. The molecular weight excluding hydrogens is 246 g/mol. The van der Waals surface area contributed by atoms with Crippen molar-refractivity contribution in [2.75, 3.05) is 13.2 Å². The van der Waals surface area contributed by atoms with Crippen LogP contribution in [0.3, 0.4) is 0 Å². The average Bonchev–Trinajstić information content (AvgIpc) is 2.72. The first kappa shape index (κ1) is 14.3. The number of hydrogen-bond donors (Lipinski definition) is 2. The average molecular weight is 269 g/mol. The summed E-state index contributed by atoms with van der Waals surface area (Å²) in [6.07, 6.45) is 2.14. The smallest absolute Gasteiger partial charge is 0.307 e. The highest BCUT2D eigenvalue weighted by atomic mass is 16.5. The molecule has 2 rings (SSSR count). The zero-order chi connectivity index (χ0) is 14.2. The van der Waals surface area contributed by atoms with Crippen molar-refractivity contribution in [1.82, 2.24) is 5.32 Å². The van der Waals surface area contributed by atoms with E-state index in [1.807, 2.05) is 13.8 Å². The fraction of sp³-hybridized carbons (Fsp3) is 0.857. The molecule has 4 unspecified atom stereocenters. The lowest BCUT2D eigenvalue weighted by Crippen LogP contribution is -2.34. The van der Waals surface area contributed by atoms with Crippen molar-refractivity contribution in [3.05, 3.63) is 0 Å². The number of ether oxygens (including phenoxy) is 1. The Morgan fingerprint density at radius 3 is 2.58 bits per heavy atom. The van der Waals surface area contributed by atoms with Gasteiger partial charge in [0.1, 0.15) is 0 Å². The monoisotopic (exact) mass is 269 g/mol. The van der Waals surface area contributed by atoms with Crippen LogP contribution in [-0.4, -0.2) is 36.2 Å². The van der Waals surface area contributed by atoms with Crippen LogP contribution in [0.4, 0.5) is 0 Å². The lowest BCUT2D eigenvalue weighted by atomic mass is 9.99. The van der Waals surface area contributed by atoms with E-state index in [-0.39, 0.29) is 12.0 Å². The highest BCUT2D eigenvalue weighted by Crippen LogP contribution is 2.58. The Kier molecular flexibility index (Phi) is 3.85. The third-order valence-corrected chi connectivity index (χ3v) is 4.66. The molecule has 1 saturated carbocycles. The van der Waals surface area contributed by atoms with Crippen LogP contribution >= 0.6 is 0 Å². The predicted octanol–water partition coefficient (Wildman–Crippen LogP) is 1.27. The van der Waals surface area contributed by atoms with E-state index in [2.05, 4.69) is 12.2 Å². The van der Waals surface area contributed by atoms with Gasteiger partial charge in [0, 0.05) is 19.1 Å². The van der Waals surface area contributed by atoms with Crippen molar-refractivity contribution >= 4 is 11.9 Å². The molecule has 0 aromatic heterocycles. The molecule has 2 aliphatic rings. The van der Waals surface area contributed by atoms with Crippen LogP contribution in [0.15, 0.2) is 0 Å². The highest BCUT2D eigenvalue weighted by Gasteiger charge is 2.65. The summed E-state index contributed by atoms with van der Waals surface area (Å²) >= 11 is 0. The van der Waals surface area contributed by atoms with Gasteiger partial charge >= 0.3 is 5.97 Å². The molecule has 1 amide bonds. The van der Waals surface area contributed by atoms with E-state index in [0.29, 0.717) is 12.5 Å². The van der Waals surface area contributed by atoms with Crippen LogP contribution in [0.5, 0.6) is 0 Å². The lowest BCUT2D eigenvalue weighted by molar-refractivity contribution is -0.140. The van der Waals surface area contributed by atoms with Gasteiger partial charge in [0.05, 0.1) is 17.9 Å². The van der Waals surface area contributed by atoms with Crippen LogP contribution in [0.2, 0.25) is 0 Å². The van der Waals surface area contributed by atoms with Crippen LogP contribution < -0.4 is 5.32 Å². The zero-order valence-corrected chi connectivity index (χ0v) is 11.8. The first-order valence-corrected chi connectivity index (χ1v) is 7.01. The minimum Gasteiger partial charge on any atom is -0.481 e. The van der Waals surface area contributed by atoms with Crippen LogP contribution in [-0.2, 0) is 14.3 Å². The summed E-state index contributed by atoms with van der Waals surface area (Å²) in [4.78, 5) is 23.1. The molecule has 0 spiro atoms. The van der Waals surface area contributed by atoms with Gasteiger partial charge in [-0.1, -0.05) is 20.8 Å². The Morgan fingerprint density at radius 2 is 2.05 bits per heavy atom. The molecule has 1 aliphatic carbocycles. The van der Waals surface area contributed by atoms with Crippen molar-refractivity contribution in [1.29, 1.82) is 0 Å². The van der Waals surface area contributed by atoms with Crippen molar-refractivity contribution in [2.24, 2.45) is 23.2 Å². The lowest BCUT2D eigenvalue weighted by Gasteiger charge is -2.17. The fourth-order valence-electron chi connectivity index (χ4n) is 3.31. The molecule has 1 aliphatic heterocycles. The number of carbonyl (C=O) groups is 2. The molecule has 4 atom stereocenters. The van der Waals surface area contributed by atoms with Gasteiger partial charge < -0.3 is 15.2 Å². The number of carboxylic acids is 1.